The summed E-state index contributed by atoms with van der Waals surface area (Å²) in [6, 6.07) is 0. The molecule has 0 aromatic rings. The summed E-state index contributed by atoms with van der Waals surface area (Å²) in [6.07, 6.45) is 60.5. The molecule has 6 nitrogen and oxygen atoms in total. The van der Waals surface area contributed by atoms with Gasteiger partial charge in [-0.3, -0.25) is 14.4 Å². The van der Waals surface area contributed by atoms with Crippen molar-refractivity contribution < 1.29 is 28.6 Å². The Balaban J connectivity index is 4.42. The number of rotatable bonds is 46. The van der Waals surface area contributed by atoms with Gasteiger partial charge >= 0.3 is 17.9 Å². The van der Waals surface area contributed by atoms with Crippen LogP contribution >= 0.6 is 0 Å². The molecule has 0 N–H and O–H groups in total. The molecule has 0 rings (SSSR count). The quantitative estimate of drug-likeness (QED) is 0.0200. The van der Waals surface area contributed by atoms with Crippen molar-refractivity contribution >= 4 is 17.9 Å². The fourth-order valence-corrected chi connectivity index (χ4v) is 7.15. The van der Waals surface area contributed by atoms with Crippen LogP contribution < -0.4 is 0 Å². The van der Waals surface area contributed by atoms with Gasteiger partial charge in [-0.05, 0) is 70.6 Å². The van der Waals surface area contributed by atoms with Gasteiger partial charge < -0.3 is 14.2 Å². The van der Waals surface area contributed by atoms with Crippen LogP contribution in [0, 0.1) is 0 Å². The number of esters is 3. The fraction of sp³-hybridized carbons (Fsp3) is 0.764. The predicted molar refractivity (Wildman–Crippen MR) is 261 cm³/mol. The van der Waals surface area contributed by atoms with E-state index in [4.69, 9.17) is 14.2 Å². The third kappa shape index (κ3) is 48.0. The molecule has 0 amide bonds. The lowest BCUT2D eigenvalue weighted by Crippen LogP contribution is -2.30. The number of allylic oxidation sites excluding steroid dienone is 10. The first-order chi connectivity index (χ1) is 30.0. The van der Waals surface area contributed by atoms with E-state index >= 15 is 0 Å². The smallest absolute Gasteiger partial charge is 0.306 e. The molecule has 1 unspecified atom stereocenters. The van der Waals surface area contributed by atoms with Crippen LogP contribution in [0.1, 0.15) is 252 Å². The van der Waals surface area contributed by atoms with E-state index < -0.39 is 6.10 Å². The molecule has 1 atom stereocenters. The Bertz CT molecular complexity index is 1120. The van der Waals surface area contributed by atoms with E-state index in [2.05, 4.69) is 81.5 Å². The van der Waals surface area contributed by atoms with Gasteiger partial charge in [0.15, 0.2) is 6.10 Å². The molecular weight excluding hydrogens is 757 g/mol. The maximum Gasteiger partial charge on any atom is 0.306 e. The van der Waals surface area contributed by atoms with Gasteiger partial charge in [-0.25, -0.2) is 0 Å². The van der Waals surface area contributed by atoms with E-state index in [0.29, 0.717) is 19.3 Å². The topological polar surface area (TPSA) is 78.9 Å². The van der Waals surface area contributed by atoms with E-state index in [1.807, 2.05) is 0 Å². The summed E-state index contributed by atoms with van der Waals surface area (Å²) in [5, 5.41) is 0. The lowest BCUT2D eigenvalue weighted by atomic mass is 10.1. The summed E-state index contributed by atoms with van der Waals surface area (Å²) in [5.41, 5.74) is 0. The van der Waals surface area contributed by atoms with Crippen LogP contribution in [0.3, 0.4) is 0 Å². The number of carbonyl (C=O) groups is 3. The third-order valence-corrected chi connectivity index (χ3v) is 11.1. The Morgan fingerprint density at radius 3 is 1.02 bits per heavy atom. The van der Waals surface area contributed by atoms with Crippen LogP contribution in [-0.2, 0) is 28.6 Å². The van der Waals surface area contributed by atoms with Crippen LogP contribution in [0.2, 0.25) is 0 Å². The van der Waals surface area contributed by atoms with Gasteiger partial charge in [0.25, 0.3) is 0 Å². The van der Waals surface area contributed by atoms with Crippen molar-refractivity contribution in [3.8, 4) is 0 Å². The SMILES string of the molecule is CCCCC\C=C/C=C\C=C/C=C\CCCCCCCC(=O)OCC(COC(=O)CCCCCCCCCCCCC)OC(=O)CCCCC/C=C\CCCCCCCCC. The maximum atomic E-state index is 12.8. The minimum atomic E-state index is -0.789. The highest BCUT2D eigenvalue weighted by Gasteiger charge is 2.19. The predicted octanol–water partition coefficient (Wildman–Crippen LogP) is 16.9. The summed E-state index contributed by atoms with van der Waals surface area (Å²) in [5.74, 6) is -0.923. The highest BCUT2D eigenvalue weighted by molar-refractivity contribution is 5.71. The molecule has 0 bridgehead atoms. The van der Waals surface area contributed by atoms with E-state index in [0.717, 1.165) is 96.3 Å². The number of hydrogen-bond donors (Lipinski definition) is 0. The zero-order valence-electron chi connectivity index (χ0n) is 40.2. The molecule has 0 aliphatic rings. The van der Waals surface area contributed by atoms with Crippen LogP contribution in [-0.4, -0.2) is 37.2 Å². The van der Waals surface area contributed by atoms with Crippen molar-refractivity contribution in [3.63, 3.8) is 0 Å². The van der Waals surface area contributed by atoms with Gasteiger partial charge in [-0.2, -0.15) is 0 Å². The maximum absolute atomic E-state index is 12.8. The Hall–Kier alpha value is -2.89. The minimum absolute atomic E-state index is 0.0864. The number of carbonyl (C=O) groups excluding carboxylic acids is 3. The van der Waals surface area contributed by atoms with Crippen molar-refractivity contribution in [1.29, 1.82) is 0 Å². The van der Waals surface area contributed by atoms with Crippen molar-refractivity contribution in [2.45, 2.75) is 258 Å². The average Bonchev–Trinajstić information content (AvgIpc) is 3.26. The van der Waals surface area contributed by atoms with Gasteiger partial charge in [0.05, 0.1) is 0 Å². The van der Waals surface area contributed by atoms with E-state index in [1.54, 1.807) is 0 Å². The monoisotopic (exact) mass is 853 g/mol. The molecule has 0 heterocycles. The first-order valence-electron chi connectivity index (χ1n) is 25.8. The number of hydrogen-bond acceptors (Lipinski definition) is 6. The second-order valence-electron chi connectivity index (χ2n) is 17.2. The Morgan fingerprint density at radius 2 is 0.607 bits per heavy atom. The Labute approximate surface area is 377 Å². The number of unbranched alkanes of at least 4 members (excludes halogenated alkanes) is 28. The standard InChI is InChI=1S/C55H96O6/c1-4-7-10-13-16-19-22-24-26-27-28-29-31-33-36-39-42-45-48-54(57)60-51-52(50-59-53(56)47-44-41-38-35-32-21-18-15-12-9-6-3)61-55(58)49-46-43-40-37-34-30-25-23-20-17-14-11-8-5-2/h16,19,22,24,26-30,34,52H,4-15,17-18,20-21,23,25,31-33,35-51H2,1-3H3/b19-16-,24-22-,27-26-,29-28-,34-30-. The molecule has 6 heteroatoms. The van der Waals surface area contributed by atoms with Gasteiger partial charge in [-0.1, -0.05) is 223 Å². The lowest BCUT2D eigenvalue weighted by molar-refractivity contribution is -0.167. The highest BCUT2D eigenvalue weighted by Crippen LogP contribution is 2.14. The van der Waals surface area contributed by atoms with E-state index in [1.165, 1.54) is 116 Å². The molecule has 0 radical (unpaired) electrons. The van der Waals surface area contributed by atoms with Crippen molar-refractivity contribution in [3.05, 3.63) is 60.8 Å². The van der Waals surface area contributed by atoms with Crippen molar-refractivity contribution in [2.75, 3.05) is 13.2 Å². The summed E-state index contributed by atoms with van der Waals surface area (Å²) < 4.78 is 16.8. The van der Waals surface area contributed by atoms with Gasteiger partial charge in [0.2, 0.25) is 0 Å². The zero-order valence-corrected chi connectivity index (χ0v) is 40.2. The first kappa shape index (κ1) is 58.1. The lowest BCUT2D eigenvalue weighted by Gasteiger charge is -2.18. The molecule has 0 aliphatic heterocycles. The molecule has 0 saturated carbocycles. The second-order valence-corrected chi connectivity index (χ2v) is 17.2. The Kier molecular flexibility index (Phi) is 47.4. The van der Waals surface area contributed by atoms with Crippen LogP contribution in [0.15, 0.2) is 60.8 Å². The summed E-state index contributed by atoms with van der Waals surface area (Å²) >= 11 is 0. The molecule has 61 heavy (non-hydrogen) atoms. The summed E-state index contributed by atoms with van der Waals surface area (Å²) in [7, 11) is 0. The van der Waals surface area contributed by atoms with E-state index in [9.17, 15) is 14.4 Å². The highest BCUT2D eigenvalue weighted by atomic mass is 16.6. The molecule has 0 aromatic carbocycles. The van der Waals surface area contributed by atoms with Crippen LogP contribution in [0.4, 0.5) is 0 Å². The fourth-order valence-electron chi connectivity index (χ4n) is 7.15. The normalized spacial score (nSPS) is 12.5. The number of ether oxygens (including phenoxy) is 3. The second kappa shape index (κ2) is 49.8. The summed E-state index contributed by atoms with van der Waals surface area (Å²) in [6.45, 7) is 6.56. The van der Waals surface area contributed by atoms with Gasteiger partial charge in [-0.15, -0.1) is 0 Å². The molecule has 0 aliphatic carbocycles. The minimum Gasteiger partial charge on any atom is -0.462 e. The third-order valence-electron chi connectivity index (χ3n) is 11.1. The van der Waals surface area contributed by atoms with Gasteiger partial charge in [0, 0.05) is 19.3 Å². The largest absolute Gasteiger partial charge is 0.462 e. The molecule has 0 aromatic heterocycles. The van der Waals surface area contributed by atoms with Crippen molar-refractivity contribution in [2.24, 2.45) is 0 Å². The average molecular weight is 853 g/mol. The molecule has 352 valence electrons. The molecule has 0 fully saturated rings. The summed E-state index contributed by atoms with van der Waals surface area (Å²) in [4.78, 5) is 37.9. The van der Waals surface area contributed by atoms with Crippen LogP contribution in [0.25, 0.3) is 0 Å². The van der Waals surface area contributed by atoms with Gasteiger partial charge in [0.1, 0.15) is 13.2 Å². The van der Waals surface area contributed by atoms with E-state index in [-0.39, 0.29) is 31.1 Å². The molecule has 0 saturated heterocycles. The first-order valence-corrected chi connectivity index (χ1v) is 25.8. The van der Waals surface area contributed by atoms with Crippen LogP contribution in [0.5, 0.6) is 0 Å². The molecular formula is C55H96O6. The Morgan fingerprint density at radius 1 is 0.328 bits per heavy atom. The molecule has 0 spiro atoms. The zero-order chi connectivity index (χ0) is 44.4. The van der Waals surface area contributed by atoms with Crippen molar-refractivity contribution in [1.82, 2.24) is 0 Å².